The van der Waals surface area contributed by atoms with Gasteiger partial charge in [-0.3, -0.25) is 0 Å². The fourth-order valence-corrected chi connectivity index (χ4v) is 1.31. The Labute approximate surface area is 102 Å². The van der Waals surface area contributed by atoms with Gasteiger partial charge in [0.15, 0.2) is 11.5 Å². The van der Waals surface area contributed by atoms with Crippen LogP contribution in [0.25, 0.3) is 0 Å². The predicted molar refractivity (Wildman–Crippen MR) is 70.2 cm³/mol. The molecule has 0 bridgehead atoms. The van der Waals surface area contributed by atoms with E-state index in [1.807, 2.05) is 50.2 Å². The molecule has 0 heterocycles. The Morgan fingerprint density at radius 3 is 2.12 bits per heavy atom. The van der Waals surface area contributed by atoms with Gasteiger partial charge in [0.1, 0.15) is 6.61 Å². The molecule has 0 radical (unpaired) electrons. The first kappa shape index (κ1) is 13.1. The normalized spacial score (nSPS) is 9.06. The summed E-state index contributed by atoms with van der Waals surface area (Å²) >= 11 is 0. The number of para-hydroxylation sites is 2. The number of aromatic hydroxyl groups is 1. The molecule has 17 heavy (non-hydrogen) atoms. The molecule has 0 amide bonds. The van der Waals surface area contributed by atoms with Crippen molar-refractivity contribution >= 4 is 0 Å². The van der Waals surface area contributed by atoms with Crippen LogP contribution in [0.1, 0.15) is 19.4 Å². The topological polar surface area (TPSA) is 29.5 Å². The molecule has 0 aliphatic carbocycles. The summed E-state index contributed by atoms with van der Waals surface area (Å²) in [5.41, 5.74) is 1.08. The summed E-state index contributed by atoms with van der Waals surface area (Å²) in [5, 5.41) is 9.46. The Kier molecular flexibility index (Phi) is 5.66. The lowest BCUT2D eigenvalue weighted by Gasteiger charge is -2.07. The highest BCUT2D eigenvalue weighted by Crippen LogP contribution is 2.25. The van der Waals surface area contributed by atoms with E-state index in [-0.39, 0.29) is 5.75 Å². The fraction of sp³-hybridized carbons (Fsp3) is 0.200. The van der Waals surface area contributed by atoms with Crippen LogP contribution in [0, 0.1) is 0 Å². The van der Waals surface area contributed by atoms with Gasteiger partial charge < -0.3 is 9.84 Å². The summed E-state index contributed by atoms with van der Waals surface area (Å²) in [7, 11) is 0. The van der Waals surface area contributed by atoms with E-state index in [9.17, 15) is 5.11 Å². The van der Waals surface area contributed by atoms with E-state index in [1.165, 1.54) is 0 Å². The Morgan fingerprint density at radius 2 is 1.47 bits per heavy atom. The van der Waals surface area contributed by atoms with Crippen LogP contribution in [0.3, 0.4) is 0 Å². The van der Waals surface area contributed by atoms with Crippen LogP contribution >= 0.6 is 0 Å². The van der Waals surface area contributed by atoms with Crippen LogP contribution in [0.5, 0.6) is 11.5 Å². The summed E-state index contributed by atoms with van der Waals surface area (Å²) in [6, 6.07) is 16.8. The van der Waals surface area contributed by atoms with Crippen molar-refractivity contribution in [1.29, 1.82) is 0 Å². The Balaban J connectivity index is 0.000000686. The van der Waals surface area contributed by atoms with E-state index < -0.39 is 0 Å². The quantitative estimate of drug-likeness (QED) is 0.863. The molecule has 0 unspecified atom stereocenters. The summed E-state index contributed by atoms with van der Waals surface area (Å²) < 4.78 is 5.47. The highest BCUT2D eigenvalue weighted by atomic mass is 16.5. The molecule has 0 aliphatic heterocycles. The van der Waals surface area contributed by atoms with Crippen molar-refractivity contribution in [2.75, 3.05) is 0 Å². The van der Waals surface area contributed by atoms with E-state index >= 15 is 0 Å². The van der Waals surface area contributed by atoms with Crippen molar-refractivity contribution in [2.24, 2.45) is 0 Å². The third-order valence-electron chi connectivity index (χ3n) is 2.10. The first-order valence-corrected chi connectivity index (χ1v) is 5.81. The summed E-state index contributed by atoms with van der Waals surface area (Å²) in [4.78, 5) is 0. The summed E-state index contributed by atoms with van der Waals surface area (Å²) in [5.74, 6) is 0.690. The van der Waals surface area contributed by atoms with Crippen molar-refractivity contribution in [3.05, 3.63) is 60.2 Å². The third kappa shape index (κ3) is 4.19. The summed E-state index contributed by atoms with van der Waals surface area (Å²) in [6.45, 7) is 4.47. The van der Waals surface area contributed by atoms with Gasteiger partial charge in [0.25, 0.3) is 0 Å². The molecule has 0 aliphatic rings. The number of rotatable bonds is 3. The maximum Gasteiger partial charge on any atom is 0.161 e. The van der Waals surface area contributed by atoms with Gasteiger partial charge in [-0.25, -0.2) is 0 Å². The fourth-order valence-electron chi connectivity index (χ4n) is 1.31. The average molecular weight is 230 g/mol. The van der Waals surface area contributed by atoms with Gasteiger partial charge in [-0.05, 0) is 17.7 Å². The van der Waals surface area contributed by atoms with E-state index in [4.69, 9.17) is 4.74 Å². The van der Waals surface area contributed by atoms with Crippen molar-refractivity contribution in [2.45, 2.75) is 20.5 Å². The van der Waals surface area contributed by atoms with E-state index in [0.717, 1.165) is 5.56 Å². The smallest absolute Gasteiger partial charge is 0.161 e. The predicted octanol–water partition coefficient (Wildman–Crippen LogP) is 4.00. The second kappa shape index (κ2) is 7.34. The molecule has 2 aromatic rings. The van der Waals surface area contributed by atoms with Crippen LogP contribution in [0.2, 0.25) is 0 Å². The van der Waals surface area contributed by atoms with Gasteiger partial charge in [-0.15, -0.1) is 0 Å². The monoisotopic (exact) mass is 230 g/mol. The first-order valence-electron chi connectivity index (χ1n) is 5.81. The molecule has 2 nitrogen and oxygen atoms in total. The zero-order valence-corrected chi connectivity index (χ0v) is 10.3. The van der Waals surface area contributed by atoms with Crippen LogP contribution < -0.4 is 4.74 Å². The van der Waals surface area contributed by atoms with Gasteiger partial charge in [0.05, 0.1) is 0 Å². The molecule has 2 heteroatoms. The van der Waals surface area contributed by atoms with Gasteiger partial charge in [0, 0.05) is 0 Å². The molecule has 0 atom stereocenters. The number of hydrogen-bond donors (Lipinski definition) is 1. The largest absolute Gasteiger partial charge is 0.504 e. The van der Waals surface area contributed by atoms with Gasteiger partial charge in [-0.2, -0.15) is 0 Å². The zero-order chi connectivity index (χ0) is 12.5. The third-order valence-corrected chi connectivity index (χ3v) is 2.10. The molecule has 2 aromatic carbocycles. The van der Waals surface area contributed by atoms with Gasteiger partial charge >= 0.3 is 0 Å². The van der Waals surface area contributed by atoms with Crippen molar-refractivity contribution in [3.63, 3.8) is 0 Å². The first-order chi connectivity index (χ1) is 8.36. The second-order valence-corrected chi connectivity index (χ2v) is 3.24. The standard InChI is InChI=1S/C13H12O2.C2H6/c14-12-8-4-5-9-13(12)15-10-11-6-2-1-3-7-11;1-2/h1-9,14H,10H2;1-2H3. The molecular weight excluding hydrogens is 212 g/mol. The molecular formula is C15H18O2. The van der Waals surface area contributed by atoms with Gasteiger partial charge in [0.2, 0.25) is 0 Å². The molecule has 2 rings (SSSR count). The lowest BCUT2D eigenvalue weighted by molar-refractivity contribution is 0.289. The molecule has 0 aromatic heterocycles. The maximum atomic E-state index is 9.46. The number of phenolic OH excluding ortho intramolecular Hbond substituents is 1. The molecule has 0 spiro atoms. The van der Waals surface area contributed by atoms with Crippen LogP contribution in [-0.4, -0.2) is 5.11 Å². The molecule has 90 valence electrons. The summed E-state index contributed by atoms with van der Waals surface area (Å²) in [6.07, 6.45) is 0. The molecule has 0 saturated carbocycles. The zero-order valence-electron chi connectivity index (χ0n) is 10.3. The molecule has 0 fully saturated rings. The molecule has 0 saturated heterocycles. The Morgan fingerprint density at radius 1 is 0.882 bits per heavy atom. The van der Waals surface area contributed by atoms with Crippen molar-refractivity contribution in [3.8, 4) is 11.5 Å². The van der Waals surface area contributed by atoms with Crippen molar-refractivity contribution < 1.29 is 9.84 Å². The lowest BCUT2D eigenvalue weighted by atomic mass is 10.2. The Bertz CT molecular complexity index is 424. The molecule has 1 N–H and O–H groups in total. The minimum absolute atomic E-state index is 0.174. The number of ether oxygens (including phenoxy) is 1. The van der Waals surface area contributed by atoms with Crippen molar-refractivity contribution in [1.82, 2.24) is 0 Å². The number of phenols is 1. The van der Waals surface area contributed by atoms with Gasteiger partial charge in [-0.1, -0.05) is 56.3 Å². The minimum Gasteiger partial charge on any atom is -0.504 e. The highest BCUT2D eigenvalue weighted by Gasteiger charge is 1.99. The number of benzene rings is 2. The maximum absolute atomic E-state index is 9.46. The van der Waals surface area contributed by atoms with Crippen LogP contribution in [-0.2, 0) is 6.61 Å². The van der Waals surface area contributed by atoms with E-state index in [0.29, 0.717) is 12.4 Å². The Hall–Kier alpha value is -1.96. The lowest BCUT2D eigenvalue weighted by Crippen LogP contribution is -1.94. The van der Waals surface area contributed by atoms with E-state index in [1.54, 1.807) is 18.2 Å². The second-order valence-electron chi connectivity index (χ2n) is 3.24. The SMILES string of the molecule is CC.Oc1ccccc1OCc1ccccc1. The van der Waals surface area contributed by atoms with E-state index in [2.05, 4.69) is 0 Å². The van der Waals surface area contributed by atoms with Crippen LogP contribution in [0.4, 0.5) is 0 Å². The average Bonchev–Trinajstić information content (AvgIpc) is 2.41. The number of hydrogen-bond acceptors (Lipinski definition) is 2. The highest BCUT2D eigenvalue weighted by molar-refractivity contribution is 5.38. The van der Waals surface area contributed by atoms with Crippen LogP contribution in [0.15, 0.2) is 54.6 Å². The minimum atomic E-state index is 0.174.